The number of para-hydroxylation sites is 2. The summed E-state index contributed by atoms with van der Waals surface area (Å²) < 4.78 is 46.5. The Hall–Kier alpha value is -4.50. The van der Waals surface area contributed by atoms with E-state index >= 15 is 0 Å². The zero-order chi connectivity index (χ0) is 24.4. The number of anilines is 2. The van der Waals surface area contributed by atoms with Gasteiger partial charge in [-0.3, -0.25) is 9.52 Å². The number of oxazole rings is 1. The van der Waals surface area contributed by atoms with Crippen molar-refractivity contribution in [3.63, 3.8) is 0 Å². The molecule has 0 saturated carbocycles. The molecule has 0 bridgehead atoms. The standard InChI is InChI=1S/C26H18FN3O4S/c27-19-11-13-22(14-12-19)35(32,33)30-21-8-3-5-17(15-21)25(31)28-20-7-4-6-18(16-20)26-29-23-9-1-2-10-24(23)34-26/h1-16,30H,(H,28,31). The van der Waals surface area contributed by atoms with Crippen molar-refractivity contribution >= 4 is 38.4 Å². The number of halogens is 1. The van der Waals surface area contributed by atoms with Crippen molar-refractivity contribution in [1.29, 1.82) is 0 Å². The molecule has 7 nitrogen and oxygen atoms in total. The maximum atomic E-state index is 13.1. The maximum absolute atomic E-state index is 13.1. The number of rotatable bonds is 6. The highest BCUT2D eigenvalue weighted by molar-refractivity contribution is 7.92. The van der Waals surface area contributed by atoms with Crippen molar-refractivity contribution in [2.75, 3.05) is 10.0 Å². The van der Waals surface area contributed by atoms with Gasteiger partial charge >= 0.3 is 0 Å². The molecule has 1 aromatic heterocycles. The molecule has 0 fully saturated rings. The van der Waals surface area contributed by atoms with E-state index in [1.807, 2.05) is 30.3 Å². The Kier molecular flexibility index (Phi) is 5.76. The first-order valence-corrected chi connectivity index (χ1v) is 12.0. The lowest BCUT2D eigenvalue weighted by atomic mass is 10.1. The SMILES string of the molecule is O=C(Nc1cccc(-c2nc3ccccc3o2)c1)c1cccc(NS(=O)(=O)c2ccc(F)cc2)c1. The molecule has 0 radical (unpaired) electrons. The lowest BCUT2D eigenvalue weighted by molar-refractivity contribution is 0.102. The molecule has 1 amide bonds. The second-order valence-electron chi connectivity index (χ2n) is 7.66. The van der Waals surface area contributed by atoms with Gasteiger partial charge in [-0.25, -0.2) is 17.8 Å². The molecule has 0 saturated heterocycles. The molecular formula is C26H18FN3O4S. The largest absolute Gasteiger partial charge is 0.436 e. The highest BCUT2D eigenvalue weighted by atomic mass is 32.2. The van der Waals surface area contributed by atoms with E-state index in [-0.39, 0.29) is 16.1 Å². The van der Waals surface area contributed by atoms with Gasteiger partial charge in [0.25, 0.3) is 15.9 Å². The van der Waals surface area contributed by atoms with Crippen LogP contribution in [-0.2, 0) is 10.0 Å². The van der Waals surface area contributed by atoms with Gasteiger partial charge in [0.1, 0.15) is 11.3 Å². The summed E-state index contributed by atoms with van der Waals surface area (Å²) in [6.45, 7) is 0. The van der Waals surface area contributed by atoms with Gasteiger partial charge in [0.2, 0.25) is 5.89 Å². The first kappa shape index (κ1) is 22.3. The van der Waals surface area contributed by atoms with Crippen LogP contribution < -0.4 is 10.0 Å². The van der Waals surface area contributed by atoms with Gasteiger partial charge in [0, 0.05) is 22.5 Å². The summed E-state index contributed by atoms with van der Waals surface area (Å²) in [5.74, 6) is -0.537. The number of fused-ring (bicyclic) bond motifs is 1. The number of amides is 1. The zero-order valence-electron chi connectivity index (χ0n) is 18.1. The molecule has 174 valence electrons. The molecule has 5 rings (SSSR count). The number of aromatic nitrogens is 1. The molecule has 5 aromatic rings. The van der Waals surface area contributed by atoms with E-state index in [1.165, 1.54) is 12.1 Å². The highest BCUT2D eigenvalue weighted by Gasteiger charge is 2.16. The lowest BCUT2D eigenvalue weighted by Crippen LogP contribution is -2.15. The number of sulfonamides is 1. The summed E-state index contributed by atoms with van der Waals surface area (Å²) in [7, 11) is -3.94. The second kappa shape index (κ2) is 9.03. The average Bonchev–Trinajstić information content (AvgIpc) is 3.29. The molecule has 0 aliphatic heterocycles. The Balaban J connectivity index is 1.34. The first-order chi connectivity index (χ1) is 16.9. The Labute approximate surface area is 200 Å². The summed E-state index contributed by atoms with van der Waals surface area (Å²) in [6, 6.07) is 25.0. The number of hydrogen-bond acceptors (Lipinski definition) is 5. The number of nitrogens with one attached hydrogen (secondary N) is 2. The molecule has 0 aliphatic rings. The summed E-state index contributed by atoms with van der Waals surface area (Å²) in [6.07, 6.45) is 0. The Morgan fingerprint density at radius 2 is 1.57 bits per heavy atom. The van der Waals surface area contributed by atoms with Crippen molar-refractivity contribution < 1.29 is 22.0 Å². The van der Waals surface area contributed by atoms with Crippen molar-refractivity contribution in [2.24, 2.45) is 0 Å². The molecule has 0 aliphatic carbocycles. The zero-order valence-corrected chi connectivity index (χ0v) is 18.9. The number of carbonyl (C=O) groups excluding carboxylic acids is 1. The quantitative estimate of drug-likeness (QED) is 0.321. The summed E-state index contributed by atoms with van der Waals surface area (Å²) >= 11 is 0. The second-order valence-corrected chi connectivity index (χ2v) is 9.34. The van der Waals surface area contributed by atoms with Crippen LogP contribution in [0.2, 0.25) is 0 Å². The highest BCUT2D eigenvalue weighted by Crippen LogP contribution is 2.26. The van der Waals surface area contributed by atoms with Crippen molar-refractivity contribution in [2.45, 2.75) is 4.90 Å². The minimum atomic E-state index is -3.94. The summed E-state index contributed by atoms with van der Waals surface area (Å²) in [5.41, 5.74) is 3.05. The maximum Gasteiger partial charge on any atom is 0.261 e. The van der Waals surface area contributed by atoms with E-state index in [1.54, 1.807) is 30.3 Å². The molecule has 0 atom stereocenters. The van der Waals surface area contributed by atoms with Crippen molar-refractivity contribution in [3.8, 4) is 11.5 Å². The lowest BCUT2D eigenvalue weighted by Gasteiger charge is -2.10. The fourth-order valence-electron chi connectivity index (χ4n) is 3.48. The van der Waals surface area contributed by atoms with Crippen LogP contribution >= 0.6 is 0 Å². The van der Waals surface area contributed by atoms with Gasteiger partial charge in [0.05, 0.1) is 4.90 Å². The summed E-state index contributed by atoms with van der Waals surface area (Å²) in [4.78, 5) is 17.2. The normalized spacial score (nSPS) is 11.3. The monoisotopic (exact) mass is 487 g/mol. The summed E-state index contributed by atoms with van der Waals surface area (Å²) in [5, 5.41) is 2.80. The first-order valence-electron chi connectivity index (χ1n) is 10.5. The van der Waals surface area contributed by atoms with Crippen LogP contribution in [-0.4, -0.2) is 19.3 Å². The molecular weight excluding hydrogens is 469 g/mol. The Morgan fingerprint density at radius 3 is 2.37 bits per heavy atom. The molecule has 4 aromatic carbocycles. The third-order valence-corrected chi connectivity index (χ3v) is 6.56. The topological polar surface area (TPSA) is 101 Å². The number of nitrogens with zero attached hydrogens (tertiary/aromatic N) is 1. The van der Waals surface area contributed by atoms with Crippen LogP contribution in [0.25, 0.3) is 22.6 Å². The van der Waals surface area contributed by atoms with Gasteiger partial charge < -0.3 is 9.73 Å². The van der Waals surface area contributed by atoms with Gasteiger partial charge in [-0.15, -0.1) is 0 Å². The van der Waals surface area contributed by atoms with E-state index < -0.39 is 21.7 Å². The Morgan fingerprint density at radius 1 is 0.829 bits per heavy atom. The van der Waals surface area contributed by atoms with Crippen LogP contribution in [0.3, 0.4) is 0 Å². The van der Waals surface area contributed by atoms with E-state index in [2.05, 4.69) is 15.0 Å². The predicted molar refractivity (Wildman–Crippen MR) is 131 cm³/mol. The van der Waals surface area contributed by atoms with E-state index in [4.69, 9.17) is 4.42 Å². The van der Waals surface area contributed by atoms with Crippen molar-refractivity contribution in [3.05, 3.63) is 108 Å². The fourth-order valence-corrected chi connectivity index (χ4v) is 4.53. The van der Waals surface area contributed by atoms with Crippen molar-refractivity contribution in [1.82, 2.24) is 4.98 Å². The van der Waals surface area contributed by atoms with Crippen LogP contribution in [0.5, 0.6) is 0 Å². The molecule has 9 heteroatoms. The van der Waals surface area contributed by atoms with Crippen LogP contribution in [0, 0.1) is 5.82 Å². The van der Waals surface area contributed by atoms with Gasteiger partial charge in [-0.05, 0) is 72.8 Å². The molecule has 35 heavy (non-hydrogen) atoms. The molecule has 0 unspecified atom stereocenters. The van der Waals surface area contributed by atoms with Gasteiger partial charge in [0.15, 0.2) is 5.58 Å². The van der Waals surface area contributed by atoms with Gasteiger partial charge in [-0.1, -0.05) is 24.3 Å². The average molecular weight is 488 g/mol. The number of carbonyl (C=O) groups is 1. The van der Waals surface area contributed by atoms with E-state index in [0.717, 1.165) is 29.8 Å². The third kappa shape index (κ3) is 4.90. The minimum absolute atomic E-state index is 0.0928. The number of hydrogen-bond donors (Lipinski definition) is 2. The molecule has 1 heterocycles. The third-order valence-electron chi connectivity index (χ3n) is 5.16. The van der Waals surface area contributed by atoms with E-state index in [0.29, 0.717) is 22.7 Å². The minimum Gasteiger partial charge on any atom is -0.436 e. The van der Waals surface area contributed by atoms with Crippen LogP contribution in [0.15, 0.2) is 106 Å². The predicted octanol–water partition coefficient (Wildman–Crippen LogP) is 5.69. The van der Waals surface area contributed by atoms with E-state index in [9.17, 15) is 17.6 Å². The van der Waals surface area contributed by atoms with Crippen LogP contribution in [0.1, 0.15) is 10.4 Å². The number of benzene rings is 4. The Bertz CT molecular complexity index is 1610. The fraction of sp³-hybridized carbons (Fsp3) is 0. The van der Waals surface area contributed by atoms with Gasteiger partial charge in [-0.2, -0.15) is 0 Å². The molecule has 2 N–H and O–H groups in total. The molecule has 0 spiro atoms. The smallest absolute Gasteiger partial charge is 0.261 e. The van der Waals surface area contributed by atoms with Crippen LogP contribution in [0.4, 0.5) is 15.8 Å².